The quantitative estimate of drug-likeness (QED) is 0.622. The Morgan fingerprint density at radius 2 is 1.79 bits per heavy atom. The summed E-state index contributed by atoms with van der Waals surface area (Å²) in [6.07, 6.45) is 3.08. The monoisotopic (exact) mass is 403 g/mol. The SMILES string of the molecule is COc1cccc(Cn2cc(NS(=O)(=O)c3ccc(OC)c(OC)c3)cn2)c1. The van der Waals surface area contributed by atoms with Gasteiger partial charge in [-0.15, -0.1) is 0 Å². The number of hydrogen-bond donors (Lipinski definition) is 1. The van der Waals surface area contributed by atoms with E-state index < -0.39 is 10.0 Å². The molecule has 0 aliphatic heterocycles. The number of ether oxygens (including phenoxy) is 3. The van der Waals surface area contributed by atoms with Crippen molar-refractivity contribution in [2.24, 2.45) is 0 Å². The molecule has 148 valence electrons. The number of anilines is 1. The van der Waals surface area contributed by atoms with Crippen molar-refractivity contribution < 1.29 is 22.6 Å². The Hall–Kier alpha value is -3.20. The van der Waals surface area contributed by atoms with E-state index in [2.05, 4.69) is 9.82 Å². The van der Waals surface area contributed by atoms with Crippen LogP contribution in [0.5, 0.6) is 17.2 Å². The summed E-state index contributed by atoms with van der Waals surface area (Å²) in [5, 5.41) is 4.21. The van der Waals surface area contributed by atoms with Crippen molar-refractivity contribution in [2.45, 2.75) is 11.4 Å². The minimum atomic E-state index is -3.80. The first-order chi connectivity index (χ1) is 13.4. The summed E-state index contributed by atoms with van der Waals surface area (Å²) < 4.78 is 45.0. The van der Waals surface area contributed by atoms with Crippen LogP contribution in [0.4, 0.5) is 5.69 Å². The summed E-state index contributed by atoms with van der Waals surface area (Å²) in [6, 6.07) is 12.0. The van der Waals surface area contributed by atoms with Crippen molar-refractivity contribution in [3.05, 3.63) is 60.4 Å². The second kappa shape index (κ2) is 8.22. The van der Waals surface area contributed by atoms with Crippen molar-refractivity contribution in [1.82, 2.24) is 9.78 Å². The Morgan fingerprint density at radius 1 is 1.00 bits per heavy atom. The highest BCUT2D eigenvalue weighted by molar-refractivity contribution is 7.92. The Bertz CT molecular complexity index is 1060. The molecule has 3 aromatic rings. The molecule has 28 heavy (non-hydrogen) atoms. The van der Waals surface area contributed by atoms with Crippen LogP contribution >= 0.6 is 0 Å². The van der Waals surface area contributed by atoms with Gasteiger partial charge in [-0.05, 0) is 29.8 Å². The number of rotatable bonds is 8. The predicted molar refractivity (Wildman–Crippen MR) is 105 cm³/mol. The molecule has 0 aliphatic rings. The van der Waals surface area contributed by atoms with E-state index in [0.717, 1.165) is 11.3 Å². The topological polar surface area (TPSA) is 91.7 Å². The van der Waals surface area contributed by atoms with Crippen molar-refractivity contribution in [3.63, 3.8) is 0 Å². The van der Waals surface area contributed by atoms with Crippen LogP contribution in [0.3, 0.4) is 0 Å². The first-order valence-electron chi connectivity index (χ1n) is 8.35. The number of nitrogens with zero attached hydrogens (tertiary/aromatic N) is 2. The van der Waals surface area contributed by atoms with Gasteiger partial charge < -0.3 is 14.2 Å². The van der Waals surface area contributed by atoms with Crippen LogP contribution in [-0.2, 0) is 16.6 Å². The Morgan fingerprint density at radius 3 is 2.50 bits per heavy atom. The van der Waals surface area contributed by atoms with Crippen molar-refractivity contribution in [2.75, 3.05) is 26.1 Å². The molecule has 0 saturated carbocycles. The smallest absolute Gasteiger partial charge is 0.262 e. The first-order valence-corrected chi connectivity index (χ1v) is 9.83. The van der Waals surface area contributed by atoms with Gasteiger partial charge in [0.15, 0.2) is 11.5 Å². The maximum Gasteiger partial charge on any atom is 0.262 e. The zero-order valence-electron chi connectivity index (χ0n) is 15.7. The average Bonchev–Trinajstić information content (AvgIpc) is 3.13. The Kier molecular flexibility index (Phi) is 5.74. The highest BCUT2D eigenvalue weighted by Crippen LogP contribution is 2.30. The standard InChI is InChI=1S/C19H21N3O5S/c1-25-16-6-4-5-14(9-16)12-22-13-15(11-20-22)21-28(23,24)17-7-8-18(26-2)19(10-17)27-3/h4-11,13,21H,12H2,1-3H3. The molecule has 0 aliphatic carbocycles. The van der Waals surface area contributed by atoms with Crippen molar-refractivity contribution in [3.8, 4) is 17.2 Å². The van der Waals surface area contributed by atoms with Gasteiger partial charge in [-0.25, -0.2) is 8.42 Å². The van der Waals surface area contributed by atoms with Crippen LogP contribution in [0.1, 0.15) is 5.56 Å². The molecule has 9 heteroatoms. The zero-order chi connectivity index (χ0) is 20.1. The normalized spacial score (nSPS) is 11.1. The number of hydrogen-bond acceptors (Lipinski definition) is 6. The Labute approximate surface area is 163 Å². The molecular weight excluding hydrogens is 382 g/mol. The van der Waals surface area contributed by atoms with E-state index in [4.69, 9.17) is 14.2 Å². The summed E-state index contributed by atoms with van der Waals surface area (Å²) in [5.41, 5.74) is 1.34. The maximum absolute atomic E-state index is 12.7. The zero-order valence-corrected chi connectivity index (χ0v) is 16.6. The van der Waals surface area contributed by atoms with Crippen LogP contribution in [-0.4, -0.2) is 39.5 Å². The van der Waals surface area contributed by atoms with Gasteiger partial charge in [0.05, 0.1) is 44.7 Å². The van der Waals surface area contributed by atoms with Crippen molar-refractivity contribution in [1.29, 1.82) is 0 Å². The van der Waals surface area contributed by atoms with Crippen LogP contribution in [0.15, 0.2) is 59.8 Å². The van der Waals surface area contributed by atoms with Gasteiger partial charge in [0.25, 0.3) is 10.0 Å². The minimum absolute atomic E-state index is 0.0608. The van der Waals surface area contributed by atoms with E-state index in [1.54, 1.807) is 24.1 Å². The van der Waals surface area contributed by atoms with Crippen LogP contribution in [0.2, 0.25) is 0 Å². The number of aromatic nitrogens is 2. The van der Waals surface area contributed by atoms with Gasteiger partial charge in [0.2, 0.25) is 0 Å². The van der Waals surface area contributed by atoms with Crippen molar-refractivity contribution >= 4 is 15.7 Å². The first kappa shape index (κ1) is 19.6. The molecule has 1 heterocycles. The predicted octanol–water partition coefficient (Wildman–Crippen LogP) is 2.76. The highest BCUT2D eigenvalue weighted by atomic mass is 32.2. The van der Waals surface area contributed by atoms with Gasteiger partial charge >= 0.3 is 0 Å². The highest BCUT2D eigenvalue weighted by Gasteiger charge is 2.18. The second-order valence-corrected chi connectivity index (χ2v) is 7.58. The number of benzene rings is 2. The van der Waals surface area contributed by atoms with Gasteiger partial charge in [0, 0.05) is 12.3 Å². The average molecular weight is 403 g/mol. The second-order valence-electron chi connectivity index (χ2n) is 5.90. The fourth-order valence-electron chi connectivity index (χ4n) is 2.66. The Balaban J connectivity index is 1.76. The van der Waals surface area contributed by atoms with Crippen LogP contribution in [0.25, 0.3) is 0 Å². The summed E-state index contributed by atoms with van der Waals surface area (Å²) in [4.78, 5) is 0.0608. The molecule has 1 N–H and O–H groups in total. The number of methoxy groups -OCH3 is 3. The number of nitrogens with one attached hydrogen (secondary N) is 1. The number of sulfonamides is 1. The molecule has 0 atom stereocenters. The lowest BCUT2D eigenvalue weighted by Gasteiger charge is -2.10. The van der Waals surface area contributed by atoms with E-state index in [9.17, 15) is 8.42 Å². The van der Waals surface area contributed by atoms with E-state index in [1.807, 2.05) is 24.3 Å². The lowest BCUT2D eigenvalue weighted by Crippen LogP contribution is -2.12. The third kappa shape index (κ3) is 4.37. The van der Waals surface area contributed by atoms with Gasteiger partial charge in [-0.1, -0.05) is 12.1 Å². The van der Waals surface area contributed by atoms with E-state index in [0.29, 0.717) is 23.7 Å². The van der Waals surface area contributed by atoms with Gasteiger partial charge in [-0.2, -0.15) is 5.10 Å². The maximum atomic E-state index is 12.7. The lowest BCUT2D eigenvalue weighted by molar-refractivity contribution is 0.354. The molecule has 1 aromatic heterocycles. The minimum Gasteiger partial charge on any atom is -0.497 e. The lowest BCUT2D eigenvalue weighted by atomic mass is 10.2. The molecule has 0 saturated heterocycles. The molecule has 3 rings (SSSR count). The summed E-state index contributed by atoms with van der Waals surface area (Å²) in [7, 11) is 0.741. The largest absolute Gasteiger partial charge is 0.497 e. The fourth-order valence-corrected chi connectivity index (χ4v) is 3.70. The van der Waals surface area contributed by atoms with Crippen LogP contribution in [0, 0.1) is 0 Å². The molecule has 2 aromatic carbocycles. The van der Waals surface area contributed by atoms with E-state index in [1.165, 1.54) is 32.5 Å². The van der Waals surface area contributed by atoms with Crippen LogP contribution < -0.4 is 18.9 Å². The van der Waals surface area contributed by atoms with Gasteiger partial charge in [0.1, 0.15) is 5.75 Å². The molecule has 0 unspecified atom stereocenters. The summed E-state index contributed by atoms with van der Waals surface area (Å²) in [5.74, 6) is 1.53. The molecule has 0 radical (unpaired) electrons. The summed E-state index contributed by atoms with van der Waals surface area (Å²) >= 11 is 0. The molecular formula is C19H21N3O5S. The third-order valence-corrected chi connectivity index (χ3v) is 5.41. The molecule has 0 amide bonds. The third-order valence-electron chi connectivity index (χ3n) is 4.03. The molecule has 0 bridgehead atoms. The molecule has 0 spiro atoms. The van der Waals surface area contributed by atoms with E-state index >= 15 is 0 Å². The molecule has 0 fully saturated rings. The molecule has 8 nitrogen and oxygen atoms in total. The van der Waals surface area contributed by atoms with Gasteiger partial charge in [-0.3, -0.25) is 9.40 Å². The van der Waals surface area contributed by atoms with E-state index in [-0.39, 0.29) is 4.90 Å². The fraction of sp³-hybridized carbons (Fsp3) is 0.211. The summed E-state index contributed by atoms with van der Waals surface area (Å²) in [6.45, 7) is 0.481.